The van der Waals surface area contributed by atoms with Crippen LogP contribution in [0, 0.1) is 5.92 Å². The summed E-state index contributed by atoms with van der Waals surface area (Å²) in [6, 6.07) is 0. The quantitative estimate of drug-likeness (QED) is 0.714. The lowest BCUT2D eigenvalue weighted by Gasteiger charge is -2.23. The maximum Gasteiger partial charge on any atom is 0.00966 e. The van der Waals surface area contributed by atoms with E-state index in [4.69, 9.17) is 0 Å². The number of rotatable bonds is 5. The van der Waals surface area contributed by atoms with E-state index in [-0.39, 0.29) is 5.54 Å². The maximum absolute atomic E-state index is 3.52. The summed E-state index contributed by atoms with van der Waals surface area (Å²) < 4.78 is 0. The molecule has 0 saturated heterocycles. The van der Waals surface area contributed by atoms with Crippen molar-refractivity contribution >= 4 is 11.8 Å². The highest BCUT2D eigenvalue weighted by atomic mass is 32.2. The van der Waals surface area contributed by atoms with Crippen LogP contribution in [-0.2, 0) is 0 Å². The zero-order valence-corrected chi connectivity index (χ0v) is 9.92. The van der Waals surface area contributed by atoms with E-state index in [1.54, 1.807) is 0 Å². The summed E-state index contributed by atoms with van der Waals surface area (Å²) in [4.78, 5) is 0. The number of nitrogens with one attached hydrogen (secondary N) is 1. The number of hydrogen-bond donors (Lipinski definition) is 1. The highest BCUT2D eigenvalue weighted by Gasteiger charge is 2.10. The van der Waals surface area contributed by atoms with Gasteiger partial charge in [-0.1, -0.05) is 6.92 Å². The SMILES string of the molecule is CSCCC(C)CNC(C)(C)C. The molecule has 0 heterocycles. The predicted molar refractivity (Wildman–Crippen MR) is 59.9 cm³/mol. The number of thioether (sulfide) groups is 1. The van der Waals surface area contributed by atoms with Crippen LogP contribution >= 0.6 is 11.8 Å². The first kappa shape index (κ1) is 12.3. The lowest BCUT2D eigenvalue weighted by atomic mass is 10.1. The fourth-order valence-electron chi connectivity index (χ4n) is 0.902. The Kier molecular flexibility index (Phi) is 6.02. The highest BCUT2D eigenvalue weighted by molar-refractivity contribution is 7.98. The summed E-state index contributed by atoms with van der Waals surface area (Å²) >= 11 is 1.94. The van der Waals surface area contributed by atoms with Crippen LogP contribution in [-0.4, -0.2) is 24.1 Å². The third-order valence-electron chi connectivity index (χ3n) is 1.80. The summed E-state index contributed by atoms with van der Waals surface area (Å²) in [5.74, 6) is 2.09. The molecule has 0 aromatic rings. The van der Waals surface area contributed by atoms with E-state index in [2.05, 4.69) is 39.3 Å². The second kappa shape index (κ2) is 5.87. The van der Waals surface area contributed by atoms with E-state index in [1.165, 1.54) is 12.2 Å². The maximum atomic E-state index is 3.52. The fourth-order valence-corrected chi connectivity index (χ4v) is 1.54. The average molecular weight is 189 g/mol. The molecule has 74 valence electrons. The Balaban J connectivity index is 3.37. The van der Waals surface area contributed by atoms with E-state index in [1.807, 2.05) is 11.8 Å². The van der Waals surface area contributed by atoms with E-state index < -0.39 is 0 Å². The van der Waals surface area contributed by atoms with Gasteiger partial charge in [0.15, 0.2) is 0 Å². The van der Waals surface area contributed by atoms with Crippen molar-refractivity contribution < 1.29 is 0 Å². The van der Waals surface area contributed by atoms with Gasteiger partial charge in [-0.15, -0.1) is 0 Å². The van der Waals surface area contributed by atoms with Crippen molar-refractivity contribution in [3.63, 3.8) is 0 Å². The monoisotopic (exact) mass is 189 g/mol. The molecular weight excluding hydrogens is 166 g/mol. The van der Waals surface area contributed by atoms with Gasteiger partial charge >= 0.3 is 0 Å². The third-order valence-corrected chi connectivity index (χ3v) is 2.44. The van der Waals surface area contributed by atoms with Gasteiger partial charge in [-0.05, 0) is 51.7 Å². The van der Waals surface area contributed by atoms with Gasteiger partial charge < -0.3 is 5.32 Å². The van der Waals surface area contributed by atoms with Gasteiger partial charge in [-0.25, -0.2) is 0 Å². The molecule has 0 rings (SSSR count). The third kappa shape index (κ3) is 8.41. The first-order chi connectivity index (χ1) is 5.45. The Morgan fingerprint density at radius 3 is 2.33 bits per heavy atom. The molecule has 0 spiro atoms. The Morgan fingerprint density at radius 1 is 1.33 bits per heavy atom. The van der Waals surface area contributed by atoms with Crippen molar-refractivity contribution in [3.05, 3.63) is 0 Å². The minimum Gasteiger partial charge on any atom is -0.312 e. The summed E-state index contributed by atoms with van der Waals surface area (Å²) in [7, 11) is 0. The zero-order valence-electron chi connectivity index (χ0n) is 9.11. The lowest BCUT2D eigenvalue weighted by Crippen LogP contribution is -2.38. The van der Waals surface area contributed by atoms with Crippen molar-refractivity contribution in [1.82, 2.24) is 5.32 Å². The van der Waals surface area contributed by atoms with Crippen LogP contribution in [0.25, 0.3) is 0 Å². The van der Waals surface area contributed by atoms with Gasteiger partial charge in [-0.3, -0.25) is 0 Å². The van der Waals surface area contributed by atoms with Crippen molar-refractivity contribution in [3.8, 4) is 0 Å². The largest absolute Gasteiger partial charge is 0.312 e. The second-order valence-corrected chi connectivity index (χ2v) is 5.50. The second-order valence-electron chi connectivity index (χ2n) is 4.52. The van der Waals surface area contributed by atoms with Gasteiger partial charge in [0.25, 0.3) is 0 Å². The van der Waals surface area contributed by atoms with Crippen molar-refractivity contribution in [1.29, 1.82) is 0 Å². The van der Waals surface area contributed by atoms with Gasteiger partial charge in [0, 0.05) is 5.54 Å². The average Bonchev–Trinajstić information content (AvgIpc) is 1.95. The standard InChI is InChI=1S/C10H23NS/c1-9(6-7-12-5)8-11-10(2,3)4/h9,11H,6-8H2,1-5H3. The molecular formula is C10H23NS. The molecule has 0 radical (unpaired) electrons. The molecule has 0 aliphatic heterocycles. The molecule has 0 amide bonds. The van der Waals surface area contributed by atoms with Crippen LogP contribution in [0.15, 0.2) is 0 Å². The van der Waals surface area contributed by atoms with Crippen LogP contribution in [0.2, 0.25) is 0 Å². The van der Waals surface area contributed by atoms with Gasteiger partial charge in [-0.2, -0.15) is 11.8 Å². The van der Waals surface area contributed by atoms with Gasteiger partial charge in [0.2, 0.25) is 0 Å². The van der Waals surface area contributed by atoms with Crippen LogP contribution < -0.4 is 5.32 Å². The molecule has 2 heteroatoms. The molecule has 1 atom stereocenters. The van der Waals surface area contributed by atoms with Crippen LogP contribution in [0.3, 0.4) is 0 Å². The van der Waals surface area contributed by atoms with Crippen LogP contribution in [0.5, 0.6) is 0 Å². The van der Waals surface area contributed by atoms with Gasteiger partial charge in [0.05, 0.1) is 0 Å². The summed E-state index contributed by atoms with van der Waals surface area (Å²) in [5.41, 5.74) is 0.271. The molecule has 12 heavy (non-hydrogen) atoms. The molecule has 1 nitrogen and oxygen atoms in total. The number of hydrogen-bond acceptors (Lipinski definition) is 2. The Labute approximate surface area is 81.7 Å². The lowest BCUT2D eigenvalue weighted by molar-refractivity contribution is 0.379. The molecule has 1 N–H and O–H groups in total. The van der Waals surface area contributed by atoms with Gasteiger partial charge in [0.1, 0.15) is 0 Å². The van der Waals surface area contributed by atoms with E-state index in [0.717, 1.165) is 12.5 Å². The van der Waals surface area contributed by atoms with Crippen LogP contribution in [0.4, 0.5) is 0 Å². The molecule has 0 aromatic heterocycles. The first-order valence-electron chi connectivity index (χ1n) is 4.69. The molecule has 0 fully saturated rings. The van der Waals surface area contributed by atoms with E-state index >= 15 is 0 Å². The Hall–Kier alpha value is 0.310. The van der Waals surface area contributed by atoms with Crippen molar-refractivity contribution in [2.45, 2.75) is 39.7 Å². The summed E-state index contributed by atoms with van der Waals surface area (Å²) in [6.07, 6.45) is 3.49. The molecule has 1 unspecified atom stereocenters. The smallest absolute Gasteiger partial charge is 0.00966 e. The summed E-state index contributed by atoms with van der Waals surface area (Å²) in [5, 5.41) is 3.52. The minimum atomic E-state index is 0.271. The Morgan fingerprint density at radius 2 is 1.92 bits per heavy atom. The van der Waals surface area contributed by atoms with E-state index in [9.17, 15) is 0 Å². The molecule has 0 bridgehead atoms. The normalized spacial score (nSPS) is 14.8. The highest BCUT2D eigenvalue weighted by Crippen LogP contribution is 2.07. The molecule has 0 aliphatic carbocycles. The van der Waals surface area contributed by atoms with Crippen LogP contribution in [0.1, 0.15) is 34.1 Å². The zero-order chi connectivity index (χ0) is 9.61. The minimum absolute atomic E-state index is 0.271. The molecule has 0 aromatic carbocycles. The summed E-state index contributed by atoms with van der Waals surface area (Å²) in [6.45, 7) is 10.1. The van der Waals surface area contributed by atoms with Crippen molar-refractivity contribution in [2.75, 3.05) is 18.6 Å². The topological polar surface area (TPSA) is 12.0 Å². The van der Waals surface area contributed by atoms with Crippen molar-refractivity contribution in [2.24, 2.45) is 5.92 Å². The molecule has 0 aliphatic rings. The molecule has 0 saturated carbocycles. The fraction of sp³-hybridized carbons (Fsp3) is 1.00. The Bertz CT molecular complexity index is 107. The van der Waals surface area contributed by atoms with E-state index in [0.29, 0.717) is 0 Å². The predicted octanol–water partition coefficient (Wildman–Crippen LogP) is 2.76. The first-order valence-corrected chi connectivity index (χ1v) is 6.09.